The molecule has 1 aliphatic carbocycles. The molecule has 1 aromatic rings. The third kappa shape index (κ3) is 3.09. The fraction of sp³-hybridized carbons (Fsp3) is 0.360. The maximum atomic E-state index is 14.0. The van der Waals surface area contributed by atoms with E-state index in [1.165, 1.54) is 0 Å². The summed E-state index contributed by atoms with van der Waals surface area (Å²) in [5.74, 6) is 0.0634. The molecule has 156 valence electrons. The van der Waals surface area contributed by atoms with Gasteiger partial charge in [0.1, 0.15) is 18.1 Å². The summed E-state index contributed by atoms with van der Waals surface area (Å²) < 4.78 is 6.04. The number of ether oxygens (including phenoxy) is 1. The van der Waals surface area contributed by atoms with Gasteiger partial charge in [-0.05, 0) is 64.3 Å². The zero-order valence-corrected chi connectivity index (χ0v) is 17.8. The second-order valence-electron chi connectivity index (χ2n) is 8.69. The predicted octanol–water partition coefficient (Wildman–Crippen LogP) is 4.88. The quantitative estimate of drug-likeness (QED) is 0.688. The summed E-state index contributed by atoms with van der Waals surface area (Å²) in [5.41, 5.74) is 3.51. The normalized spacial score (nSPS) is 25.4. The lowest BCUT2D eigenvalue weighted by molar-refractivity contribution is -0.123. The SMILES string of the molecule is CC(C)=CCC12CC=C(C)COc3cccc4c3C(NC4=O)C(=C(O)C=C1C)C2=O. The van der Waals surface area contributed by atoms with Gasteiger partial charge in [0.15, 0.2) is 5.78 Å². The van der Waals surface area contributed by atoms with Crippen LogP contribution in [0.4, 0.5) is 0 Å². The number of amides is 1. The summed E-state index contributed by atoms with van der Waals surface area (Å²) >= 11 is 0. The molecule has 2 heterocycles. The number of carbonyl (C=O) groups excluding carboxylic acids is 2. The monoisotopic (exact) mass is 405 g/mol. The topological polar surface area (TPSA) is 75.6 Å². The van der Waals surface area contributed by atoms with E-state index in [4.69, 9.17) is 4.74 Å². The molecule has 2 unspecified atom stereocenters. The molecule has 30 heavy (non-hydrogen) atoms. The van der Waals surface area contributed by atoms with Gasteiger partial charge in [-0.25, -0.2) is 0 Å². The Morgan fingerprint density at radius 2 is 2.07 bits per heavy atom. The Balaban J connectivity index is 1.97. The number of benzene rings is 1. The summed E-state index contributed by atoms with van der Waals surface area (Å²) in [4.78, 5) is 26.7. The Morgan fingerprint density at radius 3 is 2.80 bits per heavy atom. The van der Waals surface area contributed by atoms with Gasteiger partial charge in [0.05, 0.1) is 17.0 Å². The van der Waals surface area contributed by atoms with E-state index in [1.807, 2.05) is 27.7 Å². The zero-order valence-electron chi connectivity index (χ0n) is 17.8. The van der Waals surface area contributed by atoms with Gasteiger partial charge in [-0.2, -0.15) is 0 Å². The van der Waals surface area contributed by atoms with Gasteiger partial charge < -0.3 is 15.2 Å². The van der Waals surface area contributed by atoms with Crippen LogP contribution in [0.2, 0.25) is 0 Å². The van der Waals surface area contributed by atoms with Crippen molar-refractivity contribution in [3.63, 3.8) is 0 Å². The van der Waals surface area contributed by atoms with E-state index in [9.17, 15) is 14.7 Å². The van der Waals surface area contributed by atoms with Crippen molar-refractivity contribution in [2.24, 2.45) is 5.41 Å². The van der Waals surface area contributed by atoms with Gasteiger partial charge >= 0.3 is 0 Å². The molecular weight excluding hydrogens is 378 g/mol. The molecule has 5 heteroatoms. The Morgan fingerprint density at radius 1 is 1.30 bits per heavy atom. The second-order valence-corrected chi connectivity index (χ2v) is 8.69. The molecule has 2 bridgehead atoms. The number of hydrogen-bond donors (Lipinski definition) is 2. The molecule has 4 rings (SSSR count). The van der Waals surface area contributed by atoms with Crippen molar-refractivity contribution in [3.8, 4) is 5.75 Å². The average molecular weight is 405 g/mol. The first-order valence-corrected chi connectivity index (χ1v) is 10.3. The van der Waals surface area contributed by atoms with Gasteiger partial charge in [-0.1, -0.05) is 29.4 Å². The van der Waals surface area contributed by atoms with Crippen LogP contribution in [0.5, 0.6) is 5.75 Å². The molecule has 0 saturated carbocycles. The minimum atomic E-state index is -0.799. The minimum absolute atomic E-state index is 0.0850. The molecule has 3 aliphatic rings. The maximum absolute atomic E-state index is 14.0. The van der Waals surface area contributed by atoms with Gasteiger partial charge in [0.25, 0.3) is 5.91 Å². The first kappa shape index (κ1) is 20.2. The lowest BCUT2D eigenvalue weighted by Crippen LogP contribution is -2.39. The van der Waals surface area contributed by atoms with Crippen molar-refractivity contribution >= 4 is 11.7 Å². The number of ketones is 1. The van der Waals surface area contributed by atoms with Crippen LogP contribution in [0, 0.1) is 5.41 Å². The van der Waals surface area contributed by atoms with Crippen LogP contribution >= 0.6 is 0 Å². The Hall–Kier alpha value is -3.08. The van der Waals surface area contributed by atoms with Crippen LogP contribution < -0.4 is 10.1 Å². The van der Waals surface area contributed by atoms with Crippen molar-refractivity contribution < 1.29 is 19.4 Å². The summed E-state index contributed by atoms with van der Waals surface area (Å²) in [5, 5.41) is 13.8. The van der Waals surface area contributed by atoms with Gasteiger partial charge in [0.2, 0.25) is 0 Å². The lowest BCUT2D eigenvalue weighted by Gasteiger charge is -2.37. The molecule has 0 spiro atoms. The van der Waals surface area contributed by atoms with Crippen LogP contribution in [0.25, 0.3) is 0 Å². The van der Waals surface area contributed by atoms with Crippen molar-refractivity contribution in [3.05, 3.63) is 75.6 Å². The molecule has 0 saturated heterocycles. The van der Waals surface area contributed by atoms with Crippen LogP contribution in [-0.4, -0.2) is 23.4 Å². The van der Waals surface area contributed by atoms with Crippen LogP contribution in [-0.2, 0) is 4.79 Å². The van der Waals surface area contributed by atoms with Crippen LogP contribution in [0.1, 0.15) is 62.5 Å². The number of carbonyl (C=O) groups is 2. The first-order valence-electron chi connectivity index (χ1n) is 10.3. The second kappa shape index (κ2) is 7.31. The molecule has 0 aromatic heterocycles. The van der Waals surface area contributed by atoms with Crippen molar-refractivity contribution in [2.75, 3.05) is 6.61 Å². The zero-order chi connectivity index (χ0) is 21.6. The van der Waals surface area contributed by atoms with Gasteiger partial charge in [-0.3, -0.25) is 9.59 Å². The number of nitrogens with one attached hydrogen (secondary N) is 1. The summed E-state index contributed by atoms with van der Waals surface area (Å²) in [6, 6.07) is 4.57. The van der Waals surface area contributed by atoms with E-state index in [0.29, 0.717) is 36.3 Å². The van der Waals surface area contributed by atoms with E-state index in [1.54, 1.807) is 24.3 Å². The lowest BCUT2D eigenvalue weighted by atomic mass is 9.65. The number of Topliss-reactive ketones (excluding diaryl/α,β-unsaturated/α-hetero) is 1. The Bertz CT molecular complexity index is 1070. The smallest absolute Gasteiger partial charge is 0.252 e. The highest BCUT2D eigenvalue weighted by Gasteiger charge is 2.48. The number of rotatable bonds is 2. The molecule has 2 atom stereocenters. The van der Waals surface area contributed by atoms with Gasteiger partial charge in [-0.15, -0.1) is 0 Å². The largest absolute Gasteiger partial charge is 0.507 e. The Labute approximate surface area is 176 Å². The number of aliphatic hydroxyl groups excluding tert-OH is 1. The number of fused-ring (bicyclic) bond motifs is 3. The minimum Gasteiger partial charge on any atom is -0.507 e. The number of hydrogen-bond acceptors (Lipinski definition) is 4. The third-order valence-corrected chi connectivity index (χ3v) is 6.34. The van der Waals surface area contributed by atoms with E-state index in [-0.39, 0.29) is 23.0 Å². The fourth-order valence-corrected chi connectivity index (χ4v) is 4.48. The predicted molar refractivity (Wildman–Crippen MR) is 115 cm³/mol. The average Bonchev–Trinajstić information content (AvgIpc) is 3.02. The van der Waals surface area contributed by atoms with E-state index >= 15 is 0 Å². The summed E-state index contributed by atoms with van der Waals surface area (Å²) in [7, 11) is 0. The van der Waals surface area contributed by atoms with E-state index < -0.39 is 11.5 Å². The molecule has 5 nitrogen and oxygen atoms in total. The van der Waals surface area contributed by atoms with E-state index in [0.717, 1.165) is 16.7 Å². The van der Waals surface area contributed by atoms with Crippen molar-refractivity contribution in [1.29, 1.82) is 0 Å². The third-order valence-electron chi connectivity index (χ3n) is 6.34. The van der Waals surface area contributed by atoms with E-state index in [2.05, 4.69) is 17.5 Å². The number of allylic oxidation sites excluding steroid dienone is 5. The molecule has 1 amide bonds. The number of aliphatic hydroxyl groups is 1. The van der Waals surface area contributed by atoms with Crippen molar-refractivity contribution in [2.45, 2.75) is 46.6 Å². The highest BCUT2D eigenvalue weighted by atomic mass is 16.5. The summed E-state index contributed by atoms with van der Waals surface area (Å²) in [6.07, 6.45) is 6.86. The maximum Gasteiger partial charge on any atom is 0.252 e. The summed E-state index contributed by atoms with van der Waals surface area (Å²) in [6.45, 7) is 8.28. The highest BCUT2D eigenvalue weighted by Crippen LogP contribution is 2.49. The van der Waals surface area contributed by atoms with Crippen LogP contribution in [0.3, 0.4) is 0 Å². The molecule has 1 aromatic carbocycles. The first-order chi connectivity index (χ1) is 14.2. The fourth-order valence-electron chi connectivity index (χ4n) is 4.48. The molecule has 2 N–H and O–H groups in total. The molecule has 0 fully saturated rings. The standard InChI is InChI=1S/C25H27NO4/c1-14(2)8-10-25-11-9-15(3)13-30-19-7-5-6-17-20(19)22(26-24(17)29)21(23(25)28)18(27)12-16(25)4/h5-9,12,22,27H,10-11,13H2,1-4H3,(H,26,29). The van der Waals surface area contributed by atoms with Gasteiger partial charge in [0, 0.05) is 11.1 Å². The Kier molecular flexibility index (Phi) is 4.92. The molecule has 0 radical (unpaired) electrons. The van der Waals surface area contributed by atoms with Crippen LogP contribution in [0.15, 0.2) is 64.5 Å². The molecular formula is C25H27NO4. The highest BCUT2D eigenvalue weighted by molar-refractivity contribution is 6.09. The molecule has 2 aliphatic heterocycles. The van der Waals surface area contributed by atoms with Crippen molar-refractivity contribution in [1.82, 2.24) is 5.32 Å².